The van der Waals surface area contributed by atoms with E-state index in [1.54, 1.807) is 12.1 Å². The van der Waals surface area contributed by atoms with Crippen LogP contribution < -0.4 is 10.6 Å². The molecule has 1 heterocycles. The van der Waals surface area contributed by atoms with Gasteiger partial charge in [0.1, 0.15) is 0 Å². The summed E-state index contributed by atoms with van der Waals surface area (Å²) in [5.74, 6) is 0. The minimum absolute atomic E-state index is 0.0903. The third-order valence-corrected chi connectivity index (χ3v) is 3.24. The molecule has 2 rings (SSSR count). The third-order valence-electron chi connectivity index (χ3n) is 3.24. The summed E-state index contributed by atoms with van der Waals surface area (Å²) >= 11 is 0. The molecule has 1 saturated heterocycles. The molecule has 2 atom stereocenters. The number of nitrogens with zero attached hydrogens (tertiary/aromatic N) is 1. The van der Waals surface area contributed by atoms with Gasteiger partial charge in [0.25, 0.3) is 5.69 Å². The van der Waals surface area contributed by atoms with Gasteiger partial charge in [0.2, 0.25) is 0 Å². The number of hydrogen-bond donors (Lipinski definition) is 2. The van der Waals surface area contributed by atoms with Crippen LogP contribution in [0.3, 0.4) is 0 Å². The van der Waals surface area contributed by atoms with Crippen LogP contribution in [0.5, 0.6) is 0 Å². The van der Waals surface area contributed by atoms with Crippen molar-refractivity contribution in [3.63, 3.8) is 0 Å². The number of rotatable bonds is 5. The summed E-state index contributed by atoms with van der Waals surface area (Å²) in [4.78, 5) is 10.6. The van der Waals surface area contributed by atoms with Gasteiger partial charge in [0.15, 0.2) is 0 Å². The molecule has 0 bridgehead atoms. The van der Waals surface area contributed by atoms with E-state index in [0.717, 1.165) is 30.9 Å². The number of non-ortho nitro benzene ring substituents is 1. The van der Waals surface area contributed by atoms with E-state index in [-0.39, 0.29) is 22.8 Å². The minimum Gasteiger partial charge on any atom is -0.385 e. The Kier molecular flexibility index (Phi) is 4.21. The average molecular weight is 265 g/mol. The Morgan fingerprint density at radius 1 is 1.42 bits per heavy atom. The number of benzene rings is 1. The highest BCUT2D eigenvalue weighted by atomic mass is 16.6. The van der Waals surface area contributed by atoms with Crippen molar-refractivity contribution >= 4 is 17.1 Å². The molecule has 1 fully saturated rings. The first kappa shape index (κ1) is 13.6. The SMILES string of the molecule is CCNc1cc(NC2CCOC2C)cc([N+](=O)[O-])c1. The van der Waals surface area contributed by atoms with Crippen molar-refractivity contribution in [1.29, 1.82) is 0 Å². The first-order chi connectivity index (χ1) is 9.10. The molecule has 2 unspecified atom stereocenters. The summed E-state index contributed by atoms with van der Waals surface area (Å²) in [6, 6.07) is 5.20. The fourth-order valence-corrected chi connectivity index (χ4v) is 2.24. The van der Waals surface area contributed by atoms with Crippen molar-refractivity contribution in [2.75, 3.05) is 23.8 Å². The maximum absolute atomic E-state index is 10.9. The van der Waals surface area contributed by atoms with Crippen molar-refractivity contribution in [2.45, 2.75) is 32.4 Å². The van der Waals surface area contributed by atoms with Crippen molar-refractivity contribution in [3.05, 3.63) is 28.3 Å². The van der Waals surface area contributed by atoms with Gasteiger partial charge < -0.3 is 15.4 Å². The van der Waals surface area contributed by atoms with Gasteiger partial charge in [-0.1, -0.05) is 0 Å². The van der Waals surface area contributed by atoms with Crippen LogP contribution in [0.15, 0.2) is 18.2 Å². The fraction of sp³-hybridized carbons (Fsp3) is 0.538. The second-order valence-electron chi connectivity index (χ2n) is 4.67. The molecule has 1 aromatic carbocycles. The largest absolute Gasteiger partial charge is 0.385 e. The Bertz CT molecular complexity index is 464. The number of nitrogens with one attached hydrogen (secondary N) is 2. The van der Waals surface area contributed by atoms with Crippen LogP contribution in [-0.2, 0) is 4.74 Å². The average Bonchev–Trinajstić information content (AvgIpc) is 2.75. The molecule has 1 aromatic rings. The summed E-state index contributed by atoms with van der Waals surface area (Å²) in [5.41, 5.74) is 1.60. The molecule has 6 heteroatoms. The van der Waals surface area contributed by atoms with Gasteiger partial charge in [-0.3, -0.25) is 10.1 Å². The monoisotopic (exact) mass is 265 g/mol. The van der Waals surface area contributed by atoms with Crippen LogP contribution in [0.2, 0.25) is 0 Å². The summed E-state index contributed by atoms with van der Waals surface area (Å²) in [7, 11) is 0. The Morgan fingerprint density at radius 2 is 2.16 bits per heavy atom. The molecule has 0 saturated carbocycles. The van der Waals surface area contributed by atoms with Crippen LogP contribution in [0, 0.1) is 10.1 Å². The van der Waals surface area contributed by atoms with Gasteiger partial charge in [-0.05, 0) is 26.3 Å². The fourth-order valence-electron chi connectivity index (χ4n) is 2.24. The van der Waals surface area contributed by atoms with Crippen molar-refractivity contribution < 1.29 is 9.66 Å². The Labute approximate surface area is 112 Å². The molecule has 0 spiro atoms. The number of ether oxygens (including phenoxy) is 1. The van der Waals surface area contributed by atoms with E-state index in [1.807, 2.05) is 19.9 Å². The highest BCUT2D eigenvalue weighted by molar-refractivity contribution is 5.63. The number of nitro benzene ring substituents is 1. The standard InChI is InChI=1S/C13H19N3O3/c1-3-14-10-6-11(8-12(7-10)16(17)18)15-13-4-5-19-9(13)2/h6-9,13-15H,3-5H2,1-2H3. The molecular formula is C13H19N3O3. The van der Waals surface area contributed by atoms with Gasteiger partial charge in [0.05, 0.1) is 17.1 Å². The van der Waals surface area contributed by atoms with Crippen LogP contribution in [0.1, 0.15) is 20.3 Å². The van der Waals surface area contributed by atoms with Crippen molar-refractivity contribution in [3.8, 4) is 0 Å². The first-order valence-electron chi connectivity index (χ1n) is 6.51. The maximum atomic E-state index is 10.9. The number of anilines is 2. The third kappa shape index (κ3) is 3.35. The minimum atomic E-state index is -0.374. The van der Waals surface area contributed by atoms with E-state index >= 15 is 0 Å². The van der Waals surface area contributed by atoms with E-state index in [1.165, 1.54) is 0 Å². The highest BCUT2D eigenvalue weighted by Gasteiger charge is 2.24. The molecule has 19 heavy (non-hydrogen) atoms. The molecule has 0 aliphatic carbocycles. The van der Waals surface area contributed by atoms with Gasteiger partial charge >= 0.3 is 0 Å². The molecule has 0 radical (unpaired) electrons. The second kappa shape index (κ2) is 5.88. The zero-order chi connectivity index (χ0) is 13.8. The Hall–Kier alpha value is -1.82. The summed E-state index contributed by atoms with van der Waals surface area (Å²) < 4.78 is 5.48. The second-order valence-corrected chi connectivity index (χ2v) is 4.67. The Morgan fingerprint density at radius 3 is 2.74 bits per heavy atom. The topological polar surface area (TPSA) is 76.4 Å². The van der Waals surface area contributed by atoms with E-state index < -0.39 is 0 Å². The van der Waals surface area contributed by atoms with Gasteiger partial charge in [0, 0.05) is 36.7 Å². The zero-order valence-corrected chi connectivity index (χ0v) is 11.2. The smallest absolute Gasteiger partial charge is 0.273 e. The Balaban J connectivity index is 2.20. The molecule has 104 valence electrons. The van der Waals surface area contributed by atoms with Crippen LogP contribution >= 0.6 is 0 Å². The first-order valence-corrected chi connectivity index (χ1v) is 6.51. The molecule has 1 aliphatic heterocycles. The van der Waals surface area contributed by atoms with Crippen LogP contribution in [0.4, 0.5) is 17.1 Å². The van der Waals surface area contributed by atoms with Gasteiger partial charge in [-0.2, -0.15) is 0 Å². The zero-order valence-electron chi connectivity index (χ0n) is 11.2. The van der Waals surface area contributed by atoms with Crippen LogP contribution in [-0.4, -0.2) is 30.2 Å². The molecule has 0 aromatic heterocycles. The molecular weight excluding hydrogens is 246 g/mol. The van der Waals surface area contributed by atoms with Crippen molar-refractivity contribution in [2.24, 2.45) is 0 Å². The number of nitro groups is 1. The van der Waals surface area contributed by atoms with Gasteiger partial charge in [-0.15, -0.1) is 0 Å². The summed E-state index contributed by atoms with van der Waals surface area (Å²) in [6.07, 6.45) is 1.04. The lowest BCUT2D eigenvalue weighted by Crippen LogP contribution is -2.26. The predicted octanol–water partition coefficient (Wildman–Crippen LogP) is 2.62. The van der Waals surface area contributed by atoms with E-state index in [4.69, 9.17) is 4.74 Å². The summed E-state index contributed by atoms with van der Waals surface area (Å²) in [6.45, 7) is 5.42. The molecule has 0 amide bonds. The van der Waals surface area contributed by atoms with E-state index in [9.17, 15) is 10.1 Å². The highest BCUT2D eigenvalue weighted by Crippen LogP contribution is 2.26. The molecule has 6 nitrogen and oxygen atoms in total. The number of hydrogen-bond acceptors (Lipinski definition) is 5. The summed E-state index contributed by atoms with van der Waals surface area (Å²) in [5, 5.41) is 17.4. The molecule has 1 aliphatic rings. The maximum Gasteiger partial charge on any atom is 0.273 e. The quantitative estimate of drug-likeness (QED) is 0.632. The lowest BCUT2D eigenvalue weighted by Gasteiger charge is -2.18. The lowest BCUT2D eigenvalue weighted by atomic mass is 10.1. The normalized spacial score (nSPS) is 22.2. The lowest BCUT2D eigenvalue weighted by molar-refractivity contribution is -0.384. The molecule has 2 N–H and O–H groups in total. The van der Waals surface area contributed by atoms with E-state index in [0.29, 0.717) is 0 Å². The van der Waals surface area contributed by atoms with Gasteiger partial charge in [-0.25, -0.2) is 0 Å². The van der Waals surface area contributed by atoms with Crippen molar-refractivity contribution in [1.82, 2.24) is 0 Å². The van der Waals surface area contributed by atoms with E-state index in [2.05, 4.69) is 10.6 Å². The predicted molar refractivity (Wildman–Crippen MR) is 74.7 cm³/mol. The van der Waals surface area contributed by atoms with Crippen LogP contribution in [0.25, 0.3) is 0 Å².